The minimum Gasteiger partial charge on any atom is -0.457 e. The van der Waals surface area contributed by atoms with E-state index < -0.39 is 43.2 Å². The van der Waals surface area contributed by atoms with E-state index in [9.17, 15) is 36.2 Å². The van der Waals surface area contributed by atoms with Crippen molar-refractivity contribution >= 4 is 18.6 Å². The van der Waals surface area contributed by atoms with Crippen LogP contribution < -0.4 is 10.2 Å². The summed E-state index contributed by atoms with van der Waals surface area (Å²) in [6.45, 7) is 5.09. The van der Waals surface area contributed by atoms with E-state index >= 15 is 0 Å². The molecule has 1 heterocycles. The van der Waals surface area contributed by atoms with E-state index in [1.165, 1.54) is 18.2 Å². The topological polar surface area (TPSA) is 65.0 Å². The minimum atomic E-state index is -5.88. The van der Waals surface area contributed by atoms with Gasteiger partial charge in [-0.25, -0.2) is 4.79 Å². The van der Waals surface area contributed by atoms with Crippen LogP contribution in [0.2, 0.25) is 0 Å². The molecule has 0 spiro atoms. The zero-order chi connectivity index (χ0) is 23.8. The van der Waals surface area contributed by atoms with Crippen molar-refractivity contribution in [3.05, 3.63) is 65.7 Å². The molecule has 2 aromatic carbocycles. The van der Waals surface area contributed by atoms with Gasteiger partial charge in [-0.1, -0.05) is 30.3 Å². The first kappa shape index (κ1) is 23.7. The quantitative estimate of drug-likeness (QED) is 0.315. The van der Waals surface area contributed by atoms with Gasteiger partial charge < -0.3 is 19.2 Å². The van der Waals surface area contributed by atoms with Crippen LogP contribution in [0.5, 0.6) is 11.5 Å². The number of esters is 1. The van der Waals surface area contributed by atoms with Crippen molar-refractivity contribution in [3.8, 4) is 11.5 Å². The Hall–Kier alpha value is -2.99. The molecule has 0 fully saturated rings. The molecule has 12 heteroatoms. The van der Waals surface area contributed by atoms with E-state index in [4.69, 9.17) is 9.39 Å². The van der Waals surface area contributed by atoms with Gasteiger partial charge in [0.05, 0.1) is 5.57 Å². The van der Waals surface area contributed by atoms with Crippen LogP contribution in [0, 0.1) is 6.92 Å². The average Bonchev–Trinajstić information content (AvgIpc) is 3.01. The van der Waals surface area contributed by atoms with Crippen LogP contribution in [0.15, 0.2) is 54.6 Å². The summed E-state index contributed by atoms with van der Waals surface area (Å²) < 4.78 is 90.6. The molecule has 32 heavy (non-hydrogen) atoms. The van der Waals surface area contributed by atoms with Crippen LogP contribution in [0.4, 0.5) is 26.3 Å². The van der Waals surface area contributed by atoms with Crippen molar-refractivity contribution in [1.82, 2.24) is 0 Å². The largest absolute Gasteiger partial charge is 0.492 e. The highest BCUT2D eigenvalue weighted by molar-refractivity contribution is 6.61. The SMILES string of the molecule is C=C(C(=O)OC(C(F)(F)F)C(F)(F)F)C1OB(O)c2ccc(Oc3ccc(C)cc3)cc21. The van der Waals surface area contributed by atoms with E-state index in [0.717, 1.165) is 5.56 Å². The molecule has 1 aliphatic rings. The highest BCUT2D eigenvalue weighted by Crippen LogP contribution is 2.38. The van der Waals surface area contributed by atoms with Crippen LogP contribution >= 0.6 is 0 Å². The summed E-state index contributed by atoms with van der Waals surface area (Å²) in [5.74, 6) is -1.30. The fraction of sp³-hybridized carbons (Fsp3) is 0.250. The number of fused-ring (bicyclic) bond motifs is 1. The van der Waals surface area contributed by atoms with E-state index in [1.807, 2.05) is 6.92 Å². The first-order valence-electron chi connectivity index (χ1n) is 9.02. The summed E-state index contributed by atoms with van der Waals surface area (Å²) in [5, 5.41) is 10.0. The van der Waals surface area contributed by atoms with Crippen LogP contribution in [0.25, 0.3) is 0 Å². The molecule has 0 saturated carbocycles. The lowest BCUT2D eigenvalue weighted by Crippen LogP contribution is -2.46. The number of ether oxygens (including phenoxy) is 2. The van der Waals surface area contributed by atoms with Crippen molar-refractivity contribution in [1.29, 1.82) is 0 Å². The maximum absolute atomic E-state index is 12.7. The molecule has 1 aliphatic heterocycles. The van der Waals surface area contributed by atoms with Crippen molar-refractivity contribution in [2.45, 2.75) is 31.5 Å². The summed E-state index contributed by atoms with van der Waals surface area (Å²) in [7, 11) is -1.59. The smallest absolute Gasteiger partial charge is 0.457 e. The Morgan fingerprint density at radius 3 is 2.19 bits per heavy atom. The van der Waals surface area contributed by atoms with Crippen LogP contribution in [0.1, 0.15) is 17.2 Å². The molecule has 170 valence electrons. The fourth-order valence-electron chi connectivity index (χ4n) is 2.96. The molecule has 5 nitrogen and oxygen atoms in total. The average molecular weight is 460 g/mol. The lowest BCUT2D eigenvalue weighted by atomic mass is 9.79. The molecule has 0 saturated heterocycles. The molecule has 0 amide bonds. The summed E-state index contributed by atoms with van der Waals surface area (Å²) >= 11 is 0. The zero-order valence-corrected chi connectivity index (χ0v) is 16.3. The monoisotopic (exact) mass is 460 g/mol. The second kappa shape index (κ2) is 8.51. The number of hydrogen-bond donors (Lipinski definition) is 1. The van der Waals surface area contributed by atoms with Crippen LogP contribution in [-0.2, 0) is 14.2 Å². The van der Waals surface area contributed by atoms with E-state index in [1.54, 1.807) is 24.3 Å². The third kappa shape index (κ3) is 5.08. The van der Waals surface area contributed by atoms with Gasteiger partial charge in [0.1, 0.15) is 17.6 Å². The van der Waals surface area contributed by atoms with Gasteiger partial charge in [-0.15, -0.1) is 0 Å². The van der Waals surface area contributed by atoms with Crippen molar-refractivity contribution in [2.24, 2.45) is 0 Å². The van der Waals surface area contributed by atoms with Crippen molar-refractivity contribution < 1.29 is 50.3 Å². The Bertz CT molecular complexity index is 1000. The van der Waals surface area contributed by atoms with E-state index in [-0.39, 0.29) is 16.8 Å². The van der Waals surface area contributed by atoms with Gasteiger partial charge in [-0.3, -0.25) is 0 Å². The van der Waals surface area contributed by atoms with Crippen LogP contribution in [0.3, 0.4) is 0 Å². The van der Waals surface area contributed by atoms with Crippen molar-refractivity contribution in [3.63, 3.8) is 0 Å². The van der Waals surface area contributed by atoms with Gasteiger partial charge in [-0.05, 0) is 42.2 Å². The Kier molecular flexibility index (Phi) is 6.30. The number of benzene rings is 2. The zero-order valence-electron chi connectivity index (χ0n) is 16.3. The summed E-state index contributed by atoms with van der Waals surface area (Å²) in [5.41, 5.74) is 0.352. The van der Waals surface area contributed by atoms with Gasteiger partial charge in [0, 0.05) is 0 Å². The van der Waals surface area contributed by atoms with E-state index in [0.29, 0.717) is 5.75 Å². The maximum atomic E-state index is 12.7. The number of aryl methyl sites for hydroxylation is 1. The highest BCUT2D eigenvalue weighted by atomic mass is 19.4. The summed E-state index contributed by atoms with van der Waals surface area (Å²) in [6.07, 6.45) is -17.6. The second-order valence-electron chi connectivity index (χ2n) is 6.97. The summed E-state index contributed by atoms with van der Waals surface area (Å²) in [6, 6.07) is 11.1. The Morgan fingerprint density at radius 2 is 1.62 bits per heavy atom. The van der Waals surface area contributed by atoms with Gasteiger partial charge in [0.15, 0.2) is 0 Å². The molecule has 0 radical (unpaired) electrons. The number of carbonyl (C=O) groups is 1. The van der Waals surface area contributed by atoms with Crippen LogP contribution in [-0.4, -0.2) is 36.6 Å². The predicted molar refractivity (Wildman–Crippen MR) is 100 cm³/mol. The number of hydrogen-bond acceptors (Lipinski definition) is 5. The first-order valence-corrected chi connectivity index (χ1v) is 9.02. The Balaban J connectivity index is 1.83. The molecule has 1 N–H and O–H groups in total. The van der Waals surface area contributed by atoms with Crippen molar-refractivity contribution in [2.75, 3.05) is 0 Å². The maximum Gasteiger partial charge on any atom is 0.492 e. The number of carbonyl (C=O) groups excluding carboxylic acids is 1. The normalized spacial score (nSPS) is 16.2. The van der Waals surface area contributed by atoms with Gasteiger partial charge in [-0.2, -0.15) is 26.3 Å². The Morgan fingerprint density at radius 1 is 1.06 bits per heavy atom. The fourth-order valence-corrected chi connectivity index (χ4v) is 2.96. The standard InChI is InChI=1S/C20H15BF6O5/c1-10-3-5-12(6-4-10)30-13-7-8-15-14(9-13)16(32-21(15)29)11(2)17(28)31-18(19(22,23)24)20(25,26)27/h3-9,16,18,29H,2H2,1H3. The van der Waals surface area contributed by atoms with E-state index in [2.05, 4.69) is 11.3 Å². The predicted octanol–water partition coefficient (Wildman–Crippen LogP) is 4.14. The minimum absolute atomic E-state index is 0.0830. The van der Waals surface area contributed by atoms with Gasteiger partial charge in [0.25, 0.3) is 6.10 Å². The lowest BCUT2D eigenvalue weighted by Gasteiger charge is -2.24. The number of halogens is 6. The van der Waals surface area contributed by atoms with Gasteiger partial charge >= 0.3 is 25.4 Å². The Labute approximate surface area is 178 Å². The molecule has 1 atom stereocenters. The molecule has 3 rings (SSSR count). The first-order chi connectivity index (χ1) is 14.8. The third-order valence-corrected chi connectivity index (χ3v) is 4.53. The lowest BCUT2D eigenvalue weighted by molar-refractivity contribution is -0.312. The molecule has 1 unspecified atom stereocenters. The number of alkyl halides is 6. The second-order valence-corrected chi connectivity index (χ2v) is 6.97. The number of rotatable bonds is 5. The van der Waals surface area contributed by atoms with Gasteiger partial charge in [0.2, 0.25) is 0 Å². The third-order valence-electron chi connectivity index (χ3n) is 4.53. The molecule has 0 aliphatic carbocycles. The molecular weight excluding hydrogens is 445 g/mol. The highest BCUT2D eigenvalue weighted by Gasteiger charge is 2.60. The molecule has 0 aromatic heterocycles. The summed E-state index contributed by atoms with van der Waals surface area (Å²) in [4.78, 5) is 12.0. The molecule has 0 bridgehead atoms. The molecule has 2 aromatic rings. The molecular formula is C20H15BF6O5.